The Kier molecular flexibility index (Phi) is 54.9. The van der Waals surface area contributed by atoms with E-state index in [0.29, 0.717) is 12.8 Å². The second kappa shape index (κ2) is 60.3. The van der Waals surface area contributed by atoms with E-state index in [0.717, 1.165) is 70.6 Å². The SMILES string of the molecule is CC/C=C\C/C=C\C/C=C\C/C=C\CCCCCCCCCCCCCCCCCCCCCCCCCCCCCCC(=O)NC(COC1OC(CO)C(OC2OC(CO)C(OC3OC(CO)C(O)C(O)C3O)C(O)C2O)C(O)C1O)C(O)/C=C/CC/C=C/CC/C=C/CCCCC. The third kappa shape index (κ3) is 40.7. The third-order valence-corrected chi connectivity index (χ3v) is 19.2. The minimum Gasteiger partial charge on any atom is -0.394 e. The molecule has 0 aromatic carbocycles. The molecule has 0 aliphatic carbocycles. The largest absolute Gasteiger partial charge is 0.394 e. The van der Waals surface area contributed by atoms with E-state index in [1.165, 1.54) is 180 Å². The van der Waals surface area contributed by atoms with Crippen molar-refractivity contribution in [1.29, 1.82) is 0 Å². The van der Waals surface area contributed by atoms with Crippen molar-refractivity contribution in [1.82, 2.24) is 5.32 Å². The summed E-state index contributed by atoms with van der Waals surface area (Å²) in [5, 5.41) is 120. The van der Waals surface area contributed by atoms with Crippen molar-refractivity contribution in [2.45, 2.75) is 388 Å². The zero-order chi connectivity index (χ0) is 71.8. The lowest BCUT2D eigenvalue weighted by Crippen LogP contribution is -2.66. The summed E-state index contributed by atoms with van der Waals surface area (Å²) in [6, 6.07) is -0.997. The summed E-state index contributed by atoms with van der Waals surface area (Å²) in [6.07, 6.45) is 53.3. The number of unbranched alkanes of at least 4 members (excludes halogenated alkanes) is 33. The first kappa shape index (κ1) is 90.2. The van der Waals surface area contributed by atoms with Gasteiger partial charge in [0, 0.05) is 6.42 Å². The number of nitrogens with one attached hydrogen (secondary N) is 1. The van der Waals surface area contributed by atoms with Gasteiger partial charge in [-0.3, -0.25) is 4.79 Å². The van der Waals surface area contributed by atoms with Crippen LogP contribution in [0.3, 0.4) is 0 Å². The minimum absolute atomic E-state index is 0.233. The second-order valence-corrected chi connectivity index (χ2v) is 27.8. The molecular weight excluding hydrogens is 1260 g/mol. The minimum atomic E-state index is -1.98. The van der Waals surface area contributed by atoms with Crippen molar-refractivity contribution in [2.24, 2.45) is 0 Å². The van der Waals surface area contributed by atoms with Crippen molar-refractivity contribution in [2.75, 3.05) is 26.4 Å². The molecule has 0 aromatic heterocycles. The van der Waals surface area contributed by atoms with Gasteiger partial charge in [-0.05, 0) is 83.5 Å². The van der Waals surface area contributed by atoms with Gasteiger partial charge in [0.05, 0.1) is 38.6 Å². The molecule has 3 heterocycles. The van der Waals surface area contributed by atoms with Gasteiger partial charge in [0.2, 0.25) is 5.91 Å². The number of ether oxygens (including phenoxy) is 6. The first-order valence-corrected chi connectivity index (χ1v) is 39.3. The number of carbonyl (C=O) groups is 1. The molecule has 3 fully saturated rings. The van der Waals surface area contributed by atoms with E-state index < -0.39 is 124 Å². The van der Waals surface area contributed by atoms with Gasteiger partial charge in [0.15, 0.2) is 18.9 Å². The lowest BCUT2D eigenvalue weighted by atomic mass is 9.96. The fourth-order valence-electron chi connectivity index (χ4n) is 12.9. The summed E-state index contributed by atoms with van der Waals surface area (Å²) in [4.78, 5) is 13.4. The summed E-state index contributed by atoms with van der Waals surface area (Å²) < 4.78 is 34.3. The molecular formula is C80H141NO18. The Morgan fingerprint density at radius 3 is 1.13 bits per heavy atom. The Labute approximate surface area is 597 Å². The molecule has 0 saturated carbocycles. The maximum atomic E-state index is 13.4. The zero-order valence-corrected chi connectivity index (χ0v) is 61.2. The first-order valence-electron chi connectivity index (χ1n) is 39.3. The summed E-state index contributed by atoms with van der Waals surface area (Å²) in [5.74, 6) is -0.288. The second-order valence-electron chi connectivity index (χ2n) is 27.8. The number of hydrogen-bond donors (Lipinski definition) is 12. The molecule has 12 N–H and O–H groups in total. The molecule has 1 amide bonds. The predicted octanol–water partition coefficient (Wildman–Crippen LogP) is 12.6. The number of amides is 1. The van der Waals surface area contributed by atoms with E-state index in [9.17, 15) is 61.0 Å². The van der Waals surface area contributed by atoms with E-state index >= 15 is 0 Å². The van der Waals surface area contributed by atoms with Gasteiger partial charge in [-0.15, -0.1) is 0 Å². The van der Waals surface area contributed by atoms with Gasteiger partial charge >= 0.3 is 0 Å². The van der Waals surface area contributed by atoms with Crippen LogP contribution in [0.15, 0.2) is 85.1 Å². The quantitative estimate of drug-likeness (QED) is 0.0199. The van der Waals surface area contributed by atoms with Crippen LogP contribution in [-0.4, -0.2) is 193 Å². The van der Waals surface area contributed by atoms with Crippen LogP contribution in [0, 0.1) is 0 Å². The molecule has 3 saturated heterocycles. The predicted molar refractivity (Wildman–Crippen MR) is 392 cm³/mol. The molecule has 99 heavy (non-hydrogen) atoms. The van der Waals surface area contributed by atoms with Crippen LogP contribution in [-0.2, 0) is 33.2 Å². The third-order valence-electron chi connectivity index (χ3n) is 19.2. The molecule has 17 atom stereocenters. The van der Waals surface area contributed by atoms with Gasteiger partial charge in [-0.25, -0.2) is 0 Å². The van der Waals surface area contributed by atoms with Crippen LogP contribution in [0.4, 0.5) is 0 Å². The van der Waals surface area contributed by atoms with E-state index in [-0.39, 0.29) is 18.9 Å². The lowest BCUT2D eigenvalue weighted by Gasteiger charge is -2.48. The zero-order valence-electron chi connectivity index (χ0n) is 61.2. The number of allylic oxidation sites excluding steroid dienone is 13. The fourth-order valence-corrected chi connectivity index (χ4v) is 12.9. The summed E-state index contributed by atoms with van der Waals surface area (Å²) in [5.41, 5.74) is 0. The fraction of sp³-hybridized carbons (Fsp3) is 0.812. The highest BCUT2D eigenvalue weighted by Gasteiger charge is 2.53. The Balaban J connectivity index is 1.27. The van der Waals surface area contributed by atoms with Gasteiger partial charge < -0.3 is 89.9 Å². The Morgan fingerprint density at radius 2 is 0.707 bits per heavy atom. The van der Waals surface area contributed by atoms with Crippen molar-refractivity contribution >= 4 is 5.91 Å². The number of aliphatic hydroxyl groups excluding tert-OH is 11. The van der Waals surface area contributed by atoms with E-state index in [2.05, 4.69) is 92.1 Å². The van der Waals surface area contributed by atoms with Gasteiger partial charge in [-0.1, -0.05) is 279 Å². The van der Waals surface area contributed by atoms with Crippen molar-refractivity contribution < 1.29 is 89.4 Å². The van der Waals surface area contributed by atoms with Gasteiger partial charge in [-0.2, -0.15) is 0 Å². The van der Waals surface area contributed by atoms with E-state index in [1.54, 1.807) is 6.08 Å². The molecule has 0 bridgehead atoms. The number of carbonyl (C=O) groups excluding carboxylic acids is 1. The molecule has 3 aliphatic rings. The van der Waals surface area contributed by atoms with Gasteiger partial charge in [0.25, 0.3) is 0 Å². The molecule has 3 rings (SSSR count). The number of rotatable bonds is 61. The molecule has 19 nitrogen and oxygen atoms in total. The van der Waals surface area contributed by atoms with Gasteiger partial charge in [0.1, 0.15) is 73.2 Å². The van der Waals surface area contributed by atoms with E-state index in [1.807, 2.05) is 6.08 Å². The molecule has 0 spiro atoms. The number of aliphatic hydroxyl groups is 11. The molecule has 574 valence electrons. The van der Waals surface area contributed by atoms with Crippen molar-refractivity contribution in [3.63, 3.8) is 0 Å². The maximum absolute atomic E-state index is 13.4. The summed E-state index contributed by atoms with van der Waals surface area (Å²) in [7, 11) is 0. The van der Waals surface area contributed by atoms with E-state index in [4.69, 9.17) is 28.4 Å². The summed E-state index contributed by atoms with van der Waals surface area (Å²) >= 11 is 0. The Morgan fingerprint density at radius 1 is 0.374 bits per heavy atom. The monoisotopic (exact) mass is 1400 g/mol. The van der Waals surface area contributed by atoms with Crippen LogP contribution in [0.2, 0.25) is 0 Å². The Hall–Kier alpha value is -3.03. The summed E-state index contributed by atoms with van der Waals surface area (Å²) in [6.45, 7) is 1.56. The highest BCUT2D eigenvalue weighted by molar-refractivity contribution is 5.76. The highest BCUT2D eigenvalue weighted by Crippen LogP contribution is 2.33. The maximum Gasteiger partial charge on any atom is 0.220 e. The molecule has 0 aromatic rings. The molecule has 19 heteroatoms. The normalized spacial score (nSPS) is 27.1. The Bertz CT molecular complexity index is 2120. The average Bonchev–Trinajstić information content (AvgIpc) is 0.785. The lowest BCUT2D eigenvalue weighted by molar-refractivity contribution is -0.379. The topological polar surface area (TPSA) is 307 Å². The van der Waals surface area contributed by atoms with Crippen LogP contribution in [0.25, 0.3) is 0 Å². The van der Waals surface area contributed by atoms with Crippen LogP contribution >= 0.6 is 0 Å². The van der Waals surface area contributed by atoms with Crippen molar-refractivity contribution in [3.8, 4) is 0 Å². The average molecular weight is 1400 g/mol. The molecule has 0 radical (unpaired) electrons. The standard InChI is InChI=1S/C80H141NO18/c1-3-5-7-9-11-13-15-17-18-19-20-21-22-23-24-25-26-27-28-29-30-31-32-33-34-35-36-37-38-39-40-41-42-43-44-46-48-50-52-54-56-58-68(86)81-63(64(85)57-55-53-51-49-47-45-16-14-12-10-8-6-4-2)62-94-78-74(92)71(89)76(66(60-83)96-78)99-80-75(93)72(90)77(67(61-84)97-80)98-79-73(91)70(88)69(87)65(59-82)95-79/h5,7,11-14,17-18,20-21,47,49,55,57,63-67,69-80,82-85,87-93H,3-4,6,8-10,15-16,19,22-46,48,50-54,56,58-62H2,1-2H3,(H,81,86)/b7-5-,13-11-,14-12+,18-17-,21-20-,49-47+,57-55+. The van der Waals surface area contributed by atoms with Crippen LogP contribution in [0.1, 0.15) is 284 Å². The number of hydrogen-bond acceptors (Lipinski definition) is 18. The first-order chi connectivity index (χ1) is 48.3. The molecule has 3 aliphatic heterocycles. The molecule has 17 unspecified atom stereocenters. The van der Waals surface area contributed by atoms with Crippen molar-refractivity contribution in [3.05, 3.63) is 85.1 Å². The van der Waals surface area contributed by atoms with Crippen LogP contribution < -0.4 is 5.32 Å². The highest BCUT2D eigenvalue weighted by atomic mass is 16.8. The smallest absolute Gasteiger partial charge is 0.220 e. The van der Waals surface area contributed by atoms with Crippen LogP contribution in [0.5, 0.6) is 0 Å².